The van der Waals surface area contributed by atoms with E-state index in [1.54, 1.807) is 13.4 Å². The molecule has 0 amide bonds. The molecule has 2 saturated carbocycles. The molecule has 0 atom stereocenters. The summed E-state index contributed by atoms with van der Waals surface area (Å²) < 4.78 is 5.40. The van der Waals surface area contributed by atoms with E-state index in [1.165, 1.54) is 12.8 Å². The van der Waals surface area contributed by atoms with Crippen LogP contribution in [0.2, 0.25) is 0 Å². The van der Waals surface area contributed by atoms with Crippen molar-refractivity contribution in [2.24, 2.45) is 5.73 Å². The van der Waals surface area contributed by atoms with Crippen molar-refractivity contribution in [3.8, 4) is 0 Å². The Labute approximate surface area is 144 Å². The molecular formula is C15H26Cl2N4O. The van der Waals surface area contributed by atoms with Crippen molar-refractivity contribution in [1.29, 1.82) is 0 Å². The second kappa shape index (κ2) is 8.29. The molecule has 3 N–H and O–H groups in total. The molecule has 0 aliphatic heterocycles. The van der Waals surface area contributed by atoms with Crippen LogP contribution in [0.25, 0.3) is 0 Å². The number of nitrogens with one attached hydrogen (secondary N) is 1. The maximum atomic E-state index is 5.86. The molecule has 2 fully saturated rings. The first kappa shape index (κ1) is 19.4. The summed E-state index contributed by atoms with van der Waals surface area (Å²) in [5.41, 5.74) is 7.03. The van der Waals surface area contributed by atoms with E-state index in [2.05, 4.69) is 21.4 Å². The molecule has 1 aromatic rings. The van der Waals surface area contributed by atoms with Gasteiger partial charge in [0, 0.05) is 30.8 Å². The van der Waals surface area contributed by atoms with Crippen LogP contribution in [0.3, 0.4) is 0 Å². The van der Waals surface area contributed by atoms with Gasteiger partial charge in [-0.2, -0.15) is 0 Å². The average Bonchev–Trinajstić information content (AvgIpc) is 2.84. The Morgan fingerprint density at radius 3 is 2.55 bits per heavy atom. The molecule has 0 aromatic carbocycles. The van der Waals surface area contributed by atoms with E-state index >= 15 is 0 Å². The molecule has 1 aromatic heterocycles. The van der Waals surface area contributed by atoms with Crippen molar-refractivity contribution in [1.82, 2.24) is 9.97 Å². The molecule has 2 aliphatic rings. The fourth-order valence-corrected chi connectivity index (χ4v) is 3.47. The van der Waals surface area contributed by atoms with Gasteiger partial charge in [-0.3, -0.25) is 0 Å². The number of methoxy groups -OCH3 is 1. The molecule has 0 spiro atoms. The van der Waals surface area contributed by atoms with Gasteiger partial charge in [0.05, 0.1) is 12.1 Å². The number of anilines is 1. The van der Waals surface area contributed by atoms with Crippen LogP contribution in [0.15, 0.2) is 12.4 Å². The van der Waals surface area contributed by atoms with Gasteiger partial charge in [-0.1, -0.05) is 12.8 Å². The monoisotopic (exact) mass is 348 g/mol. The number of rotatable bonds is 5. The van der Waals surface area contributed by atoms with E-state index < -0.39 is 0 Å². The van der Waals surface area contributed by atoms with E-state index in [-0.39, 0.29) is 30.4 Å². The molecule has 2 aliphatic carbocycles. The van der Waals surface area contributed by atoms with E-state index in [4.69, 9.17) is 10.5 Å². The standard InChI is InChI=1S/C15H24N4O.2ClH/c1-20-9-15(4-2-3-5-15)19-14-8-13(17-10-18-14)11-6-12(16)7-11;;/h8,10-12H,2-7,9,16H2,1H3,(H,17,18,19);2*1H. The van der Waals surface area contributed by atoms with E-state index in [9.17, 15) is 0 Å². The zero-order chi connectivity index (χ0) is 14.0. The van der Waals surface area contributed by atoms with Gasteiger partial charge in [0.15, 0.2) is 0 Å². The highest BCUT2D eigenvalue weighted by Crippen LogP contribution is 2.36. The quantitative estimate of drug-likeness (QED) is 0.855. The summed E-state index contributed by atoms with van der Waals surface area (Å²) in [5.74, 6) is 1.44. The van der Waals surface area contributed by atoms with Crippen molar-refractivity contribution < 1.29 is 4.74 Å². The first-order valence-electron chi connectivity index (χ1n) is 7.55. The molecule has 7 heteroatoms. The summed E-state index contributed by atoms with van der Waals surface area (Å²) >= 11 is 0. The normalized spacial score (nSPS) is 25.5. The second-order valence-electron chi connectivity index (χ2n) is 6.30. The number of ether oxygens (including phenoxy) is 1. The summed E-state index contributed by atoms with van der Waals surface area (Å²) in [5, 5.41) is 3.60. The van der Waals surface area contributed by atoms with Gasteiger partial charge in [0.1, 0.15) is 12.1 Å². The van der Waals surface area contributed by atoms with Crippen LogP contribution in [0.5, 0.6) is 0 Å². The van der Waals surface area contributed by atoms with Crippen LogP contribution < -0.4 is 11.1 Å². The topological polar surface area (TPSA) is 73.1 Å². The van der Waals surface area contributed by atoms with Crippen LogP contribution >= 0.6 is 24.8 Å². The summed E-state index contributed by atoms with van der Waals surface area (Å²) in [6.45, 7) is 0.737. The lowest BCUT2D eigenvalue weighted by atomic mass is 9.78. The third-order valence-electron chi connectivity index (χ3n) is 4.66. The van der Waals surface area contributed by atoms with Crippen LogP contribution in [-0.4, -0.2) is 35.3 Å². The third kappa shape index (κ3) is 4.22. The molecule has 5 nitrogen and oxygen atoms in total. The molecule has 3 rings (SSSR count). The predicted molar refractivity (Wildman–Crippen MR) is 93.2 cm³/mol. The van der Waals surface area contributed by atoms with Crippen LogP contribution in [-0.2, 0) is 4.74 Å². The lowest BCUT2D eigenvalue weighted by Gasteiger charge is -2.33. The fraction of sp³-hybridized carbons (Fsp3) is 0.733. The Bertz CT molecular complexity index is 463. The summed E-state index contributed by atoms with van der Waals surface area (Å²) in [7, 11) is 1.77. The summed E-state index contributed by atoms with van der Waals surface area (Å²) in [6, 6.07) is 2.44. The smallest absolute Gasteiger partial charge is 0.130 e. The van der Waals surface area contributed by atoms with Gasteiger partial charge in [0.2, 0.25) is 0 Å². The SMILES string of the molecule is COCC1(Nc2cc(C3CC(N)C3)ncn2)CCCC1.Cl.Cl. The summed E-state index contributed by atoms with van der Waals surface area (Å²) in [4.78, 5) is 8.78. The van der Waals surface area contributed by atoms with Gasteiger partial charge < -0.3 is 15.8 Å². The molecule has 0 radical (unpaired) electrons. The number of aromatic nitrogens is 2. The van der Waals surface area contributed by atoms with E-state index in [0.29, 0.717) is 12.0 Å². The van der Waals surface area contributed by atoms with Crippen molar-refractivity contribution >= 4 is 30.6 Å². The Morgan fingerprint density at radius 1 is 1.27 bits per heavy atom. The highest BCUT2D eigenvalue weighted by Gasteiger charge is 2.34. The van der Waals surface area contributed by atoms with Crippen molar-refractivity contribution in [2.45, 2.75) is 56.0 Å². The molecular weight excluding hydrogens is 323 g/mol. The lowest BCUT2D eigenvalue weighted by molar-refractivity contribution is 0.145. The molecule has 1 heterocycles. The highest BCUT2D eigenvalue weighted by atomic mass is 35.5. The molecule has 126 valence electrons. The van der Waals surface area contributed by atoms with Gasteiger partial charge in [0.25, 0.3) is 0 Å². The first-order valence-corrected chi connectivity index (χ1v) is 7.55. The molecule has 0 saturated heterocycles. The molecule has 0 unspecified atom stereocenters. The van der Waals surface area contributed by atoms with E-state index in [0.717, 1.165) is 43.8 Å². The summed E-state index contributed by atoms with van der Waals surface area (Å²) in [6.07, 6.45) is 8.55. The first-order chi connectivity index (χ1) is 9.71. The van der Waals surface area contributed by atoms with Crippen LogP contribution in [0.1, 0.15) is 50.1 Å². The number of hydrogen-bond acceptors (Lipinski definition) is 5. The predicted octanol–water partition coefficient (Wildman–Crippen LogP) is 2.90. The number of halogens is 2. The van der Waals surface area contributed by atoms with Gasteiger partial charge in [-0.05, 0) is 25.7 Å². The van der Waals surface area contributed by atoms with E-state index in [1.807, 2.05) is 0 Å². The van der Waals surface area contributed by atoms with Gasteiger partial charge >= 0.3 is 0 Å². The Balaban J connectivity index is 0.00000121. The number of nitrogens with two attached hydrogens (primary N) is 1. The van der Waals surface area contributed by atoms with Crippen LogP contribution in [0.4, 0.5) is 5.82 Å². The zero-order valence-electron chi connectivity index (χ0n) is 13.0. The van der Waals surface area contributed by atoms with Crippen molar-refractivity contribution in [3.63, 3.8) is 0 Å². The van der Waals surface area contributed by atoms with Crippen molar-refractivity contribution in [2.75, 3.05) is 19.0 Å². The third-order valence-corrected chi connectivity index (χ3v) is 4.66. The Hall–Kier alpha value is -0.620. The number of hydrogen-bond donors (Lipinski definition) is 2. The minimum absolute atomic E-state index is 0. The zero-order valence-corrected chi connectivity index (χ0v) is 14.6. The Morgan fingerprint density at radius 2 is 1.95 bits per heavy atom. The van der Waals surface area contributed by atoms with Gasteiger partial charge in [-0.25, -0.2) is 9.97 Å². The van der Waals surface area contributed by atoms with Crippen molar-refractivity contribution in [3.05, 3.63) is 18.1 Å². The largest absolute Gasteiger partial charge is 0.382 e. The average molecular weight is 349 g/mol. The Kier molecular flexibility index (Phi) is 7.32. The number of nitrogens with zero attached hydrogens (tertiary/aromatic N) is 2. The minimum atomic E-state index is 0. The van der Waals surface area contributed by atoms with Crippen LogP contribution in [0, 0.1) is 0 Å². The molecule has 22 heavy (non-hydrogen) atoms. The maximum Gasteiger partial charge on any atom is 0.130 e. The fourth-order valence-electron chi connectivity index (χ4n) is 3.47. The maximum absolute atomic E-state index is 5.86. The van der Waals surface area contributed by atoms with Gasteiger partial charge in [-0.15, -0.1) is 24.8 Å². The molecule has 0 bridgehead atoms. The minimum Gasteiger partial charge on any atom is -0.382 e. The lowest BCUT2D eigenvalue weighted by Crippen LogP contribution is -2.40. The highest BCUT2D eigenvalue weighted by molar-refractivity contribution is 5.85. The second-order valence-corrected chi connectivity index (χ2v) is 6.30.